The summed E-state index contributed by atoms with van der Waals surface area (Å²) in [6, 6.07) is 9.74. The molecule has 0 radical (unpaired) electrons. The van der Waals surface area contributed by atoms with Gasteiger partial charge in [-0.25, -0.2) is 4.68 Å². The molecule has 0 aliphatic heterocycles. The molecule has 0 amide bonds. The Morgan fingerprint density at radius 1 is 1.21 bits per heavy atom. The Hall–Kier alpha value is -1.33. The monoisotopic (exact) mass is 277 g/mol. The van der Waals surface area contributed by atoms with Crippen LogP contribution in [0.1, 0.15) is 25.6 Å². The third-order valence-electron chi connectivity index (χ3n) is 2.64. The van der Waals surface area contributed by atoms with Crippen molar-refractivity contribution in [3.8, 4) is 5.69 Å². The number of aliphatic hydroxyl groups excluding tert-OH is 1. The van der Waals surface area contributed by atoms with Crippen LogP contribution in [0.4, 0.5) is 0 Å². The maximum atomic E-state index is 10.2. The molecule has 0 bridgehead atoms. The van der Waals surface area contributed by atoms with E-state index < -0.39 is 6.10 Å². The molecule has 0 aliphatic carbocycles. The lowest BCUT2D eigenvalue weighted by atomic mass is 10.2. The molecular formula is C14H19N3OS. The standard InChI is InChI=1S/C14H19N3OS/c1-11(2)9-19-10-14(18)13-8-15-16-17(13)12-6-4-3-5-7-12/h3-8,11,14,18H,9-10H2,1-2H3. The molecule has 0 aliphatic rings. The van der Waals surface area contributed by atoms with Crippen molar-refractivity contribution in [1.82, 2.24) is 15.0 Å². The van der Waals surface area contributed by atoms with E-state index in [1.165, 1.54) is 0 Å². The molecule has 2 rings (SSSR count). The van der Waals surface area contributed by atoms with Gasteiger partial charge in [0.05, 0.1) is 17.6 Å². The summed E-state index contributed by atoms with van der Waals surface area (Å²) >= 11 is 1.75. The number of hydrogen-bond acceptors (Lipinski definition) is 4. The molecule has 5 heteroatoms. The van der Waals surface area contributed by atoms with Gasteiger partial charge in [-0.05, 0) is 23.8 Å². The number of nitrogens with zero attached hydrogens (tertiary/aromatic N) is 3. The van der Waals surface area contributed by atoms with Crippen LogP contribution >= 0.6 is 11.8 Å². The quantitative estimate of drug-likeness (QED) is 0.882. The molecule has 0 spiro atoms. The van der Waals surface area contributed by atoms with Crippen LogP contribution in [0.25, 0.3) is 5.69 Å². The van der Waals surface area contributed by atoms with Gasteiger partial charge in [0.15, 0.2) is 0 Å². The fraction of sp³-hybridized carbons (Fsp3) is 0.429. The van der Waals surface area contributed by atoms with E-state index in [0.717, 1.165) is 17.1 Å². The van der Waals surface area contributed by atoms with Crippen molar-refractivity contribution < 1.29 is 5.11 Å². The predicted octanol–water partition coefficient (Wildman–Crippen LogP) is 2.69. The van der Waals surface area contributed by atoms with E-state index in [1.54, 1.807) is 22.6 Å². The first-order valence-corrected chi connectivity index (χ1v) is 7.55. The van der Waals surface area contributed by atoms with Gasteiger partial charge >= 0.3 is 0 Å². The second-order valence-corrected chi connectivity index (χ2v) is 5.93. The second-order valence-electron chi connectivity index (χ2n) is 4.85. The highest BCUT2D eigenvalue weighted by molar-refractivity contribution is 7.99. The first-order valence-electron chi connectivity index (χ1n) is 6.40. The van der Waals surface area contributed by atoms with E-state index >= 15 is 0 Å². The molecule has 0 saturated carbocycles. The minimum absolute atomic E-state index is 0.543. The largest absolute Gasteiger partial charge is 0.386 e. The summed E-state index contributed by atoms with van der Waals surface area (Å²) in [5, 5.41) is 18.2. The summed E-state index contributed by atoms with van der Waals surface area (Å²) in [5.41, 5.74) is 1.66. The normalized spacial score (nSPS) is 12.8. The number of aromatic nitrogens is 3. The predicted molar refractivity (Wildman–Crippen MR) is 78.5 cm³/mol. The fourth-order valence-electron chi connectivity index (χ4n) is 1.74. The van der Waals surface area contributed by atoms with Crippen molar-refractivity contribution in [3.63, 3.8) is 0 Å². The van der Waals surface area contributed by atoms with Crippen LogP contribution < -0.4 is 0 Å². The van der Waals surface area contributed by atoms with E-state index in [0.29, 0.717) is 11.7 Å². The minimum atomic E-state index is -0.543. The third-order valence-corrected chi connectivity index (χ3v) is 4.10. The zero-order valence-corrected chi connectivity index (χ0v) is 12.0. The Labute approximate surface area is 117 Å². The highest BCUT2D eigenvalue weighted by Gasteiger charge is 2.15. The molecule has 0 saturated heterocycles. The Morgan fingerprint density at radius 3 is 2.63 bits per heavy atom. The lowest BCUT2D eigenvalue weighted by Gasteiger charge is -2.12. The first kappa shape index (κ1) is 14.1. The van der Waals surface area contributed by atoms with Gasteiger partial charge in [-0.1, -0.05) is 37.3 Å². The Balaban J connectivity index is 2.07. The van der Waals surface area contributed by atoms with Gasteiger partial charge in [-0.3, -0.25) is 0 Å². The van der Waals surface area contributed by atoms with Crippen LogP contribution in [0.2, 0.25) is 0 Å². The van der Waals surface area contributed by atoms with Crippen molar-refractivity contribution in [1.29, 1.82) is 0 Å². The van der Waals surface area contributed by atoms with Crippen molar-refractivity contribution in [3.05, 3.63) is 42.2 Å². The molecular weight excluding hydrogens is 258 g/mol. The first-order chi connectivity index (χ1) is 9.18. The third kappa shape index (κ3) is 3.81. The zero-order chi connectivity index (χ0) is 13.7. The molecule has 1 heterocycles. The van der Waals surface area contributed by atoms with Gasteiger partial charge in [0.2, 0.25) is 0 Å². The van der Waals surface area contributed by atoms with E-state index in [1.807, 2.05) is 30.3 Å². The van der Waals surface area contributed by atoms with Crippen molar-refractivity contribution in [2.24, 2.45) is 5.92 Å². The fourth-order valence-corrected chi connectivity index (χ4v) is 2.74. The van der Waals surface area contributed by atoms with Crippen LogP contribution in [0, 0.1) is 5.92 Å². The second kappa shape index (κ2) is 6.73. The van der Waals surface area contributed by atoms with Crippen molar-refractivity contribution in [2.45, 2.75) is 20.0 Å². The molecule has 1 unspecified atom stereocenters. The van der Waals surface area contributed by atoms with Gasteiger partial charge in [0.1, 0.15) is 6.10 Å². The number of aliphatic hydroxyl groups is 1. The van der Waals surface area contributed by atoms with Crippen LogP contribution in [-0.4, -0.2) is 31.6 Å². The topological polar surface area (TPSA) is 50.9 Å². The molecule has 19 heavy (non-hydrogen) atoms. The number of benzene rings is 1. The SMILES string of the molecule is CC(C)CSCC(O)c1cnnn1-c1ccccc1. The van der Waals surface area contributed by atoms with E-state index in [9.17, 15) is 5.11 Å². The highest BCUT2D eigenvalue weighted by Crippen LogP contribution is 2.21. The van der Waals surface area contributed by atoms with Gasteiger partial charge in [0, 0.05) is 5.75 Å². The molecule has 4 nitrogen and oxygen atoms in total. The molecule has 1 aromatic heterocycles. The summed E-state index contributed by atoms with van der Waals surface area (Å²) in [4.78, 5) is 0. The van der Waals surface area contributed by atoms with Gasteiger partial charge in [-0.2, -0.15) is 11.8 Å². The summed E-state index contributed by atoms with van der Waals surface area (Å²) < 4.78 is 1.70. The summed E-state index contributed by atoms with van der Waals surface area (Å²) in [7, 11) is 0. The Morgan fingerprint density at radius 2 is 1.95 bits per heavy atom. The maximum Gasteiger partial charge on any atom is 0.107 e. The molecule has 102 valence electrons. The van der Waals surface area contributed by atoms with Gasteiger partial charge < -0.3 is 5.11 Å². The smallest absolute Gasteiger partial charge is 0.107 e. The number of para-hydroxylation sites is 1. The van der Waals surface area contributed by atoms with Crippen LogP contribution in [-0.2, 0) is 0 Å². The number of thioether (sulfide) groups is 1. The summed E-state index contributed by atoms with van der Waals surface area (Å²) in [5.74, 6) is 2.34. The Kier molecular flexibility index (Phi) is 4.99. The number of rotatable bonds is 6. The molecule has 1 atom stereocenters. The van der Waals surface area contributed by atoms with E-state index in [2.05, 4.69) is 24.2 Å². The van der Waals surface area contributed by atoms with E-state index in [-0.39, 0.29) is 0 Å². The zero-order valence-electron chi connectivity index (χ0n) is 11.2. The highest BCUT2D eigenvalue weighted by atomic mass is 32.2. The average Bonchev–Trinajstić information content (AvgIpc) is 2.88. The maximum absolute atomic E-state index is 10.2. The molecule has 0 fully saturated rings. The van der Waals surface area contributed by atoms with Gasteiger partial charge in [0.25, 0.3) is 0 Å². The minimum Gasteiger partial charge on any atom is -0.386 e. The molecule has 1 aromatic carbocycles. The number of hydrogen-bond donors (Lipinski definition) is 1. The van der Waals surface area contributed by atoms with Gasteiger partial charge in [-0.15, -0.1) is 5.10 Å². The van der Waals surface area contributed by atoms with Crippen LogP contribution in [0.3, 0.4) is 0 Å². The average molecular weight is 277 g/mol. The van der Waals surface area contributed by atoms with E-state index in [4.69, 9.17) is 0 Å². The lowest BCUT2D eigenvalue weighted by molar-refractivity contribution is 0.196. The summed E-state index contributed by atoms with van der Waals surface area (Å²) in [6.07, 6.45) is 1.09. The van der Waals surface area contributed by atoms with Crippen LogP contribution in [0.5, 0.6) is 0 Å². The Bertz CT molecular complexity index is 498. The molecule has 2 aromatic rings. The van der Waals surface area contributed by atoms with Crippen molar-refractivity contribution >= 4 is 11.8 Å². The molecule has 1 N–H and O–H groups in total. The summed E-state index contributed by atoms with van der Waals surface area (Å²) in [6.45, 7) is 4.35. The van der Waals surface area contributed by atoms with Crippen molar-refractivity contribution in [2.75, 3.05) is 11.5 Å². The lowest BCUT2D eigenvalue weighted by Crippen LogP contribution is -2.10. The van der Waals surface area contributed by atoms with Crippen LogP contribution in [0.15, 0.2) is 36.5 Å².